The van der Waals surface area contributed by atoms with Crippen molar-refractivity contribution in [3.8, 4) is 0 Å². The summed E-state index contributed by atoms with van der Waals surface area (Å²) >= 11 is 3.22. The summed E-state index contributed by atoms with van der Waals surface area (Å²) in [5.74, 6) is -0.337. The second-order valence-electron chi connectivity index (χ2n) is 4.33. The molecule has 1 amide bonds. The van der Waals surface area contributed by atoms with Crippen LogP contribution < -0.4 is 5.32 Å². The smallest absolute Gasteiger partial charge is 0.270 e. The molecule has 7 nitrogen and oxygen atoms in total. The van der Waals surface area contributed by atoms with Gasteiger partial charge in [-0.15, -0.1) is 0 Å². The maximum absolute atomic E-state index is 12.0. The molecule has 1 heterocycles. The lowest BCUT2D eigenvalue weighted by Crippen LogP contribution is -2.25. The number of halogens is 1. The van der Waals surface area contributed by atoms with Crippen molar-refractivity contribution in [3.63, 3.8) is 0 Å². The Morgan fingerprint density at radius 3 is 2.95 bits per heavy atom. The van der Waals surface area contributed by atoms with E-state index >= 15 is 0 Å². The number of carbonyl (C=O) groups excluding carboxylic acids is 1. The third-order valence-corrected chi connectivity index (χ3v) is 3.53. The van der Waals surface area contributed by atoms with E-state index in [-0.39, 0.29) is 17.2 Å². The van der Waals surface area contributed by atoms with Gasteiger partial charge in [-0.05, 0) is 28.4 Å². The zero-order valence-electron chi connectivity index (χ0n) is 11.0. The molecule has 0 spiro atoms. The lowest BCUT2D eigenvalue weighted by Gasteiger charge is -2.07. The Kier molecular flexibility index (Phi) is 5.04. The molecule has 2 aromatic rings. The molecular formula is C13H13BrN4O3. The third kappa shape index (κ3) is 4.12. The van der Waals surface area contributed by atoms with Gasteiger partial charge in [0.25, 0.3) is 11.6 Å². The molecule has 0 bridgehead atoms. The topological polar surface area (TPSA) is 90.1 Å². The molecule has 0 unspecified atom stereocenters. The van der Waals surface area contributed by atoms with Gasteiger partial charge in [-0.1, -0.05) is 0 Å². The maximum atomic E-state index is 12.0. The van der Waals surface area contributed by atoms with Crippen molar-refractivity contribution >= 4 is 27.5 Å². The second kappa shape index (κ2) is 6.98. The van der Waals surface area contributed by atoms with Crippen LogP contribution in [0.25, 0.3) is 0 Å². The predicted octanol–water partition coefficient (Wildman–Crippen LogP) is 2.37. The number of hydrogen-bond acceptors (Lipinski definition) is 4. The number of hydrogen-bond donors (Lipinski definition) is 1. The molecule has 0 aliphatic heterocycles. The molecule has 1 aromatic carbocycles. The van der Waals surface area contributed by atoms with Crippen molar-refractivity contribution in [2.45, 2.75) is 13.0 Å². The van der Waals surface area contributed by atoms with E-state index in [4.69, 9.17) is 0 Å². The van der Waals surface area contributed by atoms with Crippen molar-refractivity contribution in [3.05, 3.63) is 57.1 Å². The van der Waals surface area contributed by atoms with Crippen LogP contribution in [0.5, 0.6) is 0 Å². The predicted molar refractivity (Wildman–Crippen MR) is 80.0 cm³/mol. The minimum absolute atomic E-state index is 0.109. The molecule has 0 aliphatic carbocycles. The molecule has 0 atom stereocenters. The van der Waals surface area contributed by atoms with Gasteiger partial charge in [-0.2, -0.15) is 0 Å². The van der Waals surface area contributed by atoms with Gasteiger partial charge in [-0.25, -0.2) is 4.98 Å². The van der Waals surface area contributed by atoms with Crippen molar-refractivity contribution in [2.75, 3.05) is 6.54 Å². The Bertz CT molecular complexity index is 643. The number of carbonyl (C=O) groups is 1. The lowest BCUT2D eigenvalue weighted by atomic mass is 10.2. The van der Waals surface area contributed by atoms with Crippen molar-refractivity contribution in [1.82, 2.24) is 14.9 Å². The molecule has 21 heavy (non-hydrogen) atoms. The van der Waals surface area contributed by atoms with Crippen molar-refractivity contribution in [1.29, 1.82) is 0 Å². The molecule has 0 saturated heterocycles. The number of nitro benzene ring substituents is 1. The maximum Gasteiger partial charge on any atom is 0.270 e. The van der Waals surface area contributed by atoms with Gasteiger partial charge in [0.05, 0.1) is 16.8 Å². The fourth-order valence-electron chi connectivity index (χ4n) is 1.78. The number of nitro groups is 1. The average molecular weight is 353 g/mol. The van der Waals surface area contributed by atoms with Gasteiger partial charge >= 0.3 is 0 Å². The summed E-state index contributed by atoms with van der Waals surface area (Å²) in [5, 5.41) is 13.5. The molecule has 2 rings (SSSR count). The van der Waals surface area contributed by atoms with E-state index < -0.39 is 4.92 Å². The Morgan fingerprint density at radius 2 is 2.29 bits per heavy atom. The first kappa shape index (κ1) is 15.2. The van der Waals surface area contributed by atoms with Crippen LogP contribution in [0.4, 0.5) is 5.69 Å². The molecule has 8 heteroatoms. The highest BCUT2D eigenvalue weighted by Gasteiger charge is 2.15. The highest BCUT2D eigenvalue weighted by molar-refractivity contribution is 9.10. The first-order chi connectivity index (χ1) is 10.1. The number of non-ortho nitro benzene ring substituents is 1. The van der Waals surface area contributed by atoms with Crippen LogP contribution in [0.2, 0.25) is 0 Å². The number of amides is 1. The van der Waals surface area contributed by atoms with E-state index in [1.165, 1.54) is 18.2 Å². The number of nitrogens with one attached hydrogen (secondary N) is 1. The van der Waals surface area contributed by atoms with Crippen LogP contribution in [-0.2, 0) is 6.54 Å². The van der Waals surface area contributed by atoms with E-state index in [0.29, 0.717) is 11.0 Å². The summed E-state index contributed by atoms with van der Waals surface area (Å²) in [5.41, 5.74) is 0.147. The quantitative estimate of drug-likeness (QED) is 0.490. The van der Waals surface area contributed by atoms with Crippen LogP contribution in [0, 0.1) is 10.1 Å². The van der Waals surface area contributed by atoms with Crippen LogP contribution in [-0.4, -0.2) is 26.9 Å². The van der Waals surface area contributed by atoms with Crippen LogP contribution in [0.15, 0.2) is 41.4 Å². The van der Waals surface area contributed by atoms with Crippen LogP contribution in [0.1, 0.15) is 16.8 Å². The number of aryl methyl sites for hydroxylation is 1. The Morgan fingerprint density at radius 1 is 1.48 bits per heavy atom. The summed E-state index contributed by atoms with van der Waals surface area (Å²) in [6.45, 7) is 1.22. The number of imidazole rings is 1. The monoisotopic (exact) mass is 352 g/mol. The number of aromatic nitrogens is 2. The standard InChI is InChI=1S/C13H13BrN4O3/c14-12-3-2-10(18(20)21)8-11(12)13(19)16-4-1-6-17-7-5-15-9-17/h2-3,5,7-9H,1,4,6H2,(H,16,19). The van der Waals surface area contributed by atoms with Gasteiger partial charge in [-0.3, -0.25) is 14.9 Å². The van der Waals surface area contributed by atoms with E-state index in [2.05, 4.69) is 26.2 Å². The summed E-state index contributed by atoms with van der Waals surface area (Å²) < 4.78 is 2.44. The fourth-order valence-corrected chi connectivity index (χ4v) is 2.21. The molecule has 1 N–H and O–H groups in total. The van der Waals surface area contributed by atoms with Crippen LogP contribution in [0.3, 0.4) is 0 Å². The first-order valence-electron chi connectivity index (χ1n) is 6.26. The summed E-state index contributed by atoms with van der Waals surface area (Å²) in [6.07, 6.45) is 5.99. The Labute approximate surface area is 129 Å². The minimum atomic E-state index is -0.526. The normalized spacial score (nSPS) is 10.3. The van der Waals surface area contributed by atoms with E-state index in [9.17, 15) is 14.9 Å². The first-order valence-corrected chi connectivity index (χ1v) is 7.05. The molecule has 0 saturated carbocycles. The van der Waals surface area contributed by atoms with E-state index in [1.54, 1.807) is 12.5 Å². The molecule has 0 aliphatic rings. The zero-order valence-corrected chi connectivity index (χ0v) is 12.6. The lowest BCUT2D eigenvalue weighted by molar-refractivity contribution is -0.384. The number of benzene rings is 1. The summed E-state index contributed by atoms with van der Waals surface area (Å²) in [4.78, 5) is 26.1. The Balaban J connectivity index is 1.90. The van der Waals surface area contributed by atoms with E-state index in [0.717, 1.165) is 13.0 Å². The third-order valence-electron chi connectivity index (χ3n) is 2.84. The zero-order chi connectivity index (χ0) is 15.2. The summed E-state index contributed by atoms with van der Waals surface area (Å²) in [7, 11) is 0. The minimum Gasteiger partial charge on any atom is -0.352 e. The molecule has 1 aromatic heterocycles. The van der Waals surface area contributed by atoms with Gasteiger partial charge < -0.3 is 9.88 Å². The van der Waals surface area contributed by atoms with Gasteiger partial charge in [0.2, 0.25) is 0 Å². The van der Waals surface area contributed by atoms with Gasteiger partial charge in [0.15, 0.2) is 0 Å². The average Bonchev–Trinajstić information content (AvgIpc) is 2.96. The summed E-state index contributed by atoms with van der Waals surface area (Å²) in [6, 6.07) is 4.10. The van der Waals surface area contributed by atoms with Crippen molar-refractivity contribution < 1.29 is 9.72 Å². The molecule has 110 valence electrons. The SMILES string of the molecule is O=C(NCCCn1ccnc1)c1cc([N+](=O)[O-])ccc1Br. The Hall–Kier alpha value is -2.22. The van der Waals surface area contributed by atoms with Crippen molar-refractivity contribution in [2.24, 2.45) is 0 Å². The number of rotatable bonds is 6. The molecule has 0 fully saturated rings. The number of nitrogens with zero attached hydrogens (tertiary/aromatic N) is 3. The molecular weight excluding hydrogens is 340 g/mol. The largest absolute Gasteiger partial charge is 0.352 e. The van der Waals surface area contributed by atoms with Gasteiger partial charge in [0, 0.05) is 42.1 Å². The highest BCUT2D eigenvalue weighted by atomic mass is 79.9. The molecule has 0 radical (unpaired) electrons. The highest BCUT2D eigenvalue weighted by Crippen LogP contribution is 2.22. The fraction of sp³-hybridized carbons (Fsp3) is 0.231. The van der Waals surface area contributed by atoms with Gasteiger partial charge in [0.1, 0.15) is 0 Å². The van der Waals surface area contributed by atoms with E-state index in [1.807, 2.05) is 10.8 Å². The van der Waals surface area contributed by atoms with Crippen LogP contribution >= 0.6 is 15.9 Å². The second-order valence-corrected chi connectivity index (χ2v) is 5.19.